The summed E-state index contributed by atoms with van der Waals surface area (Å²) in [7, 11) is 0. The van der Waals surface area contributed by atoms with E-state index in [0.29, 0.717) is 30.5 Å². The van der Waals surface area contributed by atoms with E-state index in [0.717, 1.165) is 20.1 Å². The maximum atomic E-state index is 13.0. The molecule has 0 radical (unpaired) electrons. The number of aromatic nitrogens is 3. The highest BCUT2D eigenvalue weighted by Crippen LogP contribution is 2.17. The number of carbonyl (C=O) groups is 1. The third-order valence-corrected chi connectivity index (χ3v) is 5.49. The van der Waals surface area contributed by atoms with Crippen molar-refractivity contribution in [1.29, 1.82) is 0 Å². The van der Waals surface area contributed by atoms with E-state index < -0.39 is 0 Å². The van der Waals surface area contributed by atoms with Crippen LogP contribution in [0.25, 0.3) is 0 Å². The van der Waals surface area contributed by atoms with Gasteiger partial charge in [-0.2, -0.15) is 9.67 Å². The van der Waals surface area contributed by atoms with Gasteiger partial charge in [0, 0.05) is 27.6 Å². The fourth-order valence-corrected chi connectivity index (χ4v) is 3.90. The average Bonchev–Trinajstić information content (AvgIpc) is 3.20. The van der Waals surface area contributed by atoms with Crippen LogP contribution in [0.4, 0.5) is 11.9 Å². The van der Waals surface area contributed by atoms with Crippen LogP contribution in [0.1, 0.15) is 21.5 Å². The van der Waals surface area contributed by atoms with E-state index in [1.165, 1.54) is 4.68 Å². The van der Waals surface area contributed by atoms with Crippen molar-refractivity contribution in [2.75, 3.05) is 10.6 Å². The Labute approximate surface area is 197 Å². The van der Waals surface area contributed by atoms with Gasteiger partial charge in [0.05, 0.1) is 0 Å². The monoisotopic (exact) mass is 539 g/mol. The molecule has 0 aliphatic heterocycles. The molecule has 1 aromatic heterocycles. The van der Waals surface area contributed by atoms with E-state index >= 15 is 0 Å². The van der Waals surface area contributed by atoms with Gasteiger partial charge >= 0.3 is 0 Å². The normalized spacial score (nSPS) is 10.6. The van der Waals surface area contributed by atoms with Crippen molar-refractivity contribution in [3.05, 3.63) is 104 Å². The number of rotatable bonds is 7. The molecule has 0 aliphatic carbocycles. The fraction of sp³-hybridized carbons (Fsp3) is 0.0870. The van der Waals surface area contributed by atoms with Gasteiger partial charge in [-0.15, -0.1) is 5.10 Å². The fourth-order valence-electron chi connectivity index (χ4n) is 3.00. The topological polar surface area (TPSA) is 71.8 Å². The maximum Gasteiger partial charge on any atom is 0.281 e. The third-order valence-electron chi connectivity index (χ3n) is 4.50. The first kappa shape index (κ1) is 21.3. The SMILES string of the molecule is O=C(c1ccccc1)n1nc(NCc2cccc(Br)c2)nc1NCc1cccc(Br)c1. The Kier molecular flexibility index (Phi) is 6.79. The molecule has 3 aromatic carbocycles. The minimum atomic E-state index is -0.250. The van der Waals surface area contributed by atoms with Gasteiger partial charge in [0.25, 0.3) is 5.91 Å². The standard InChI is InChI=1S/C23H19Br2N5O/c24-19-10-4-6-16(12-19)14-26-22-28-23(27-15-17-7-5-11-20(25)13-17)30(29-22)21(31)18-8-2-1-3-9-18/h1-13H,14-15H2,(H2,26,27,28,29). The van der Waals surface area contributed by atoms with Gasteiger partial charge in [-0.25, -0.2) is 0 Å². The zero-order valence-corrected chi connectivity index (χ0v) is 19.6. The molecule has 31 heavy (non-hydrogen) atoms. The quantitative estimate of drug-likeness (QED) is 0.314. The molecule has 0 amide bonds. The van der Waals surface area contributed by atoms with Crippen LogP contribution in [0, 0.1) is 0 Å². The van der Waals surface area contributed by atoms with E-state index in [2.05, 4.69) is 52.6 Å². The zero-order chi connectivity index (χ0) is 21.6. The van der Waals surface area contributed by atoms with Crippen LogP contribution in [0.2, 0.25) is 0 Å². The zero-order valence-electron chi connectivity index (χ0n) is 16.4. The molecule has 8 heteroatoms. The molecule has 2 N–H and O–H groups in total. The van der Waals surface area contributed by atoms with Crippen molar-refractivity contribution in [2.24, 2.45) is 0 Å². The summed E-state index contributed by atoms with van der Waals surface area (Å²) in [5.74, 6) is 0.506. The lowest BCUT2D eigenvalue weighted by Gasteiger charge is -2.07. The third kappa shape index (κ3) is 5.59. The van der Waals surface area contributed by atoms with Crippen LogP contribution in [0.5, 0.6) is 0 Å². The second-order valence-corrected chi connectivity index (χ2v) is 8.64. The predicted molar refractivity (Wildman–Crippen MR) is 129 cm³/mol. The van der Waals surface area contributed by atoms with Gasteiger partial charge in [-0.05, 0) is 47.5 Å². The molecule has 6 nitrogen and oxygen atoms in total. The average molecular weight is 541 g/mol. The summed E-state index contributed by atoms with van der Waals surface area (Å²) in [5, 5.41) is 10.8. The molecule has 0 bridgehead atoms. The van der Waals surface area contributed by atoms with Crippen molar-refractivity contribution < 1.29 is 4.79 Å². The first-order valence-electron chi connectivity index (χ1n) is 9.62. The summed E-state index contributed by atoms with van der Waals surface area (Å²) in [4.78, 5) is 17.6. The molecule has 4 aromatic rings. The molecule has 0 unspecified atom stereocenters. The summed E-state index contributed by atoms with van der Waals surface area (Å²) in [6.07, 6.45) is 0. The van der Waals surface area contributed by atoms with E-state index in [1.54, 1.807) is 12.1 Å². The number of halogens is 2. The van der Waals surface area contributed by atoms with Crippen LogP contribution in [-0.4, -0.2) is 20.7 Å². The number of hydrogen-bond donors (Lipinski definition) is 2. The van der Waals surface area contributed by atoms with Crippen molar-refractivity contribution >= 4 is 49.7 Å². The summed E-state index contributed by atoms with van der Waals surface area (Å²) in [5.41, 5.74) is 2.67. The summed E-state index contributed by atoms with van der Waals surface area (Å²) in [6, 6.07) is 25.0. The van der Waals surface area contributed by atoms with E-state index in [4.69, 9.17) is 0 Å². The van der Waals surface area contributed by atoms with Gasteiger partial charge in [-0.3, -0.25) is 4.79 Å². The number of benzene rings is 3. The van der Waals surface area contributed by atoms with Crippen LogP contribution in [0.3, 0.4) is 0 Å². The molecule has 0 atom stereocenters. The minimum Gasteiger partial charge on any atom is -0.350 e. The Morgan fingerprint density at radius 3 is 2.03 bits per heavy atom. The highest BCUT2D eigenvalue weighted by atomic mass is 79.9. The lowest BCUT2D eigenvalue weighted by molar-refractivity contribution is 0.0947. The minimum absolute atomic E-state index is 0.250. The highest BCUT2D eigenvalue weighted by Gasteiger charge is 2.17. The maximum absolute atomic E-state index is 13.0. The first-order chi connectivity index (χ1) is 15.1. The summed E-state index contributed by atoms with van der Waals surface area (Å²) >= 11 is 6.96. The lowest BCUT2D eigenvalue weighted by Crippen LogP contribution is -2.17. The molecular formula is C23H19Br2N5O. The van der Waals surface area contributed by atoms with Crippen molar-refractivity contribution in [3.8, 4) is 0 Å². The second-order valence-electron chi connectivity index (χ2n) is 6.81. The Morgan fingerprint density at radius 2 is 1.42 bits per heavy atom. The number of nitrogens with one attached hydrogen (secondary N) is 2. The highest BCUT2D eigenvalue weighted by molar-refractivity contribution is 9.10. The molecule has 4 rings (SSSR count). The Balaban J connectivity index is 1.57. The van der Waals surface area contributed by atoms with Crippen LogP contribution < -0.4 is 10.6 Å². The smallest absolute Gasteiger partial charge is 0.281 e. The Hall–Kier alpha value is -2.97. The predicted octanol–water partition coefficient (Wildman–Crippen LogP) is 5.72. The number of hydrogen-bond acceptors (Lipinski definition) is 5. The summed E-state index contributed by atoms with van der Waals surface area (Å²) < 4.78 is 3.29. The van der Waals surface area contributed by atoms with Crippen molar-refractivity contribution in [2.45, 2.75) is 13.1 Å². The van der Waals surface area contributed by atoms with Crippen LogP contribution >= 0.6 is 31.9 Å². The van der Waals surface area contributed by atoms with Crippen molar-refractivity contribution in [1.82, 2.24) is 14.8 Å². The number of nitrogens with zero attached hydrogens (tertiary/aromatic N) is 3. The van der Waals surface area contributed by atoms with Crippen molar-refractivity contribution in [3.63, 3.8) is 0 Å². The largest absolute Gasteiger partial charge is 0.350 e. The molecule has 0 aliphatic rings. The molecule has 0 fully saturated rings. The van der Waals surface area contributed by atoms with Crippen LogP contribution in [-0.2, 0) is 13.1 Å². The molecule has 156 valence electrons. The summed E-state index contributed by atoms with van der Waals surface area (Å²) in [6.45, 7) is 1.04. The Morgan fingerprint density at radius 1 is 0.806 bits per heavy atom. The number of carbonyl (C=O) groups excluding carboxylic acids is 1. The first-order valence-corrected chi connectivity index (χ1v) is 11.2. The molecule has 1 heterocycles. The van der Waals surface area contributed by atoms with Gasteiger partial charge in [0.1, 0.15) is 0 Å². The van der Waals surface area contributed by atoms with Crippen LogP contribution in [0.15, 0.2) is 87.8 Å². The molecule has 0 saturated carbocycles. The molecular weight excluding hydrogens is 522 g/mol. The van der Waals surface area contributed by atoms with E-state index in [1.807, 2.05) is 66.7 Å². The lowest BCUT2D eigenvalue weighted by atomic mass is 10.2. The van der Waals surface area contributed by atoms with Gasteiger partial charge in [0.15, 0.2) is 0 Å². The molecule has 0 saturated heterocycles. The second kappa shape index (κ2) is 9.89. The van der Waals surface area contributed by atoms with Gasteiger partial charge in [0.2, 0.25) is 11.9 Å². The Bertz CT molecular complexity index is 1190. The number of anilines is 2. The van der Waals surface area contributed by atoms with E-state index in [-0.39, 0.29) is 5.91 Å². The molecule has 0 spiro atoms. The van der Waals surface area contributed by atoms with Gasteiger partial charge < -0.3 is 10.6 Å². The van der Waals surface area contributed by atoms with Gasteiger partial charge in [-0.1, -0.05) is 74.3 Å². The van der Waals surface area contributed by atoms with E-state index in [9.17, 15) is 4.79 Å².